The zero-order valence-electron chi connectivity index (χ0n) is 8.37. The summed E-state index contributed by atoms with van der Waals surface area (Å²) in [6.07, 6.45) is 1.74. The Morgan fingerprint density at radius 2 is 2.31 bits per heavy atom. The van der Waals surface area contributed by atoms with Crippen molar-refractivity contribution < 1.29 is 4.74 Å². The van der Waals surface area contributed by atoms with Gasteiger partial charge in [0, 0.05) is 18.8 Å². The third-order valence-electron chi connectivity index (χ3n) is 1.66. The van der Waals surface area contributed by atoms with Crippen molar-refractivity contribution in [1.82, 2.24) is 4.98 Å². The highest BCUT2D eigenvalue weighted by molar-refractivity contribution is 5.40. The van der Waals surface area contributed by atoms with Crippen molar-refractivity contribution in [2.24, 2.45) is 5.92 Å². The van der Waals surface area contributed by atoms with Crippen LogP contribution in [-0.4, -0.2) is 18.6 Å². The Labute approximate surface area is 79.1 Å². The van der Waals surface area contributed by atoms with Gasteiger partial charge in [-0.25, -0.2) is 4.98 Å². The molecule has 1 rings (SSSR count). The molecule has 1 N–H and O–H groups in total. The van der Waals surface area contributed by atoms with Crippen molar-refractivity contribution >= 4 is 5.82 Å². The molecule has 0 atom stereocenters. The van der Waals surface area contributed by atoms with Crippen molar-refractivity contribution in [3.8, 4) is 5.75 Å². The molecule has 3 nitrogen and oxygen atoms in total. The number of anilines is 1. The van der Waals surface area contributed by atoms with E-state index in [9.17, 15) is 0 Å². The molecule has 0 spiro atoms. The van der Waals surface area contributed by atoms with Gasteiger partial charge in [0.25, 0.3) is 0 Å². The summed E-state index contributed by atoms with van der Waals surface area (Å²) in [5.74, 6) is 2.32. The van der Waals surface area contributed by atoms with E-state index in [-0.39, 0.29) is 0 Å². The predicted molar refractivity (Wildman–Crippen MR) is 54.1 cm³/mol. The molecule has 0 amide bonds. The van der Waals surface area contributed by atoms with E-state index in [1.165, 1.54) is 0 Å². The Morgan fingerprint density at radius 1 is 1.54 bits per heavy atom. The SMILES string of the molecule is COc1ccnc(NCC(C)C)c1. The Hall–Kier alpha value is -1.25. The molecule has 0 aromatic carbocycles. The van der Waals surface area contributed by atoms with Crippen molar-refractivity contribution in [3.63, 3.8) is 0 Å². The van der Waals surface area contributed by atoms with Crippen molar-refractivity contribution in [2.45, 2.75) is 13.8 Å². The molecular formula is C10H16N2O. The standard InChI is InChI=1S/C10H16N2O/c1-8(2)7-12-10-6-9(13-3)4-5-11-10/h4-6,8H,7H2,1-3H3,(H,11,12). The normalized spacial score (nSPS) is 10.2. The van der Waals surface area contributed by atoms with E-state index >= 15 is 0 Å². The molecule has 3 heteroatoms. The summed E-state index contributed by atoms with van der Waals surface area (Å²) in [5.41, 5.74) is 0. The molecule has 0 aliphatic carbocycles. The summed E-state index contributed by atoms with van der Waals surface area (Å²) in [6, 6.07) is 3.73. The van der Waals surface area contributed by atoms with Gasteiger partial charge in [0.1, 0.15) is 11.6 Å². The Morgan fingerprint density at radius 3 is 2.92 bits per heavy atom. The van der Waals surface area contributed by atoms with E-state index in [0.29, 0.717) is 5.92 Å². The summed E-state index contributed by atoms with van der Waals surface area (Å²) in [7, 11) is 1.65. The molecule has 0 radical (unpaired) electrons. The highest BCUT2D eigenvalue weighted by atomic mass is 16.5. The summed E-state index contributed by atoms with van der Waals surface area (Å²) < 4.78 is 5.08. The lowest BCUT2D eigenvalue weighted by Gasteiger charge is -2.08. The van der Waals surface area contributed by atoms with E-state index in [0.717, 1.165) is 18.1 Å². The molecule has 1 heterocycles. The van der Waals surface area contributed by atoms with Gasteiger partial charge in [-0.3, -0.25) is 0 Å². The summed E-state index contributed by atoms with van der Waals surface area (Å²) in [5, 5.41) is 3.23. The minimum Gasteiger partial charge on any atom is -0.497 e. The first kappa shape index (κ1) is 9.84. The van der Waals surface area contributed by atoms with Gasteiger partial charge >= 0.3 is 0 Å². The van der Waals surface area contributed by atoms with Gasteiger partial charge in [-0.05, 0) is 12.0 Å². The first-order valence-corrected chi connectivity index (χ1v) is 4.46. The fraction of sp³-hybridized carbons (Fsp3) is 0.500. The molecule has 13 heavy (non-hydrogen) atoms. The lowest BCUT2D eigenvalue weighted by atomic mass is 10.2. The van der Waals surface area contributed by atoms with Crippen LogP contribution in [0.3, 0.4) is 0 Å². The summed E-state index contributed by atoms with van der Waals surface area (Å²) >= 11 is 0. The molecule has 0 unspecified atom stereocenters. The van der Waals surface area contributed by atoms with Gasteiger partial charge < -0.3 is 10.1 Å². The Kier molecular flexibility index (Phi) is 3.55. The monoisotopic (exact) mass is 180 g/mol. The molecule has 0 saturated heterocycles. The number of nitrogens with zero attached hydrogens (tertiary/aromatic N) is 1. The second-order valence-corrected chi connectivity index (χ2v) is 3.36. The molecule has 0 saturated carbocycles. The molecule has 1 aromatic heterocycles. The number of pyridine rings is 1. The maximum atomic E-state index is 5.08. The third kappa shape index (κ3) is 3.32. The zero-order valence-corrected chi connectivity index (χ0v) is 8.37. The van der Waals surface area contributed by atoms with Gasteiger partial charge in [0.05, 0.1) is 7.11 Å². The summed E-state index contributed by atoms with van der Waals surface area (Å²) in [6.45, 7) is 5.25. The second-order valence-electron chi connectivity index (χ2n) is 3.36. The number of hydrogen-bond acceptors (Lipinski definition) is 3. The molecular weight excluding hydrogens is 164 g/mol. The van der Waals surface area contributed by atoms with Crippen LogP contribution in [0.4, 0.5) is 5.82 Å². The van der Waals surface area contributed by atoms with E-state index in [1.807, 2.05) is 12.1 Å². The number of ether oxygens (including phenoxy) is 1. The number of rotatable bonds is 4. The maximum Gasteiger partial charge on any atom is 0.129 e. The number of aromatic nitrogens is 1. The number of nitrogens with one attached hydrogen (secondary N) is 1. The Balaban J connectivity index is 2.56. The van der Waals surface area contributed by atoms with Crippen LogP contribution in [0.1, 0.15) is 13.8 Å². The molecule has 0 bridgehead atoms. The van der Waals surface area contributed by atoms with E-state index in [4.69, 9.17) is 4.74 Å². The van der Waals surface area contributed by atoms with Crippen LogP contribution in [0.15, 0.2) is 18.3 Å². The fourth-order valence-corrected chi connectivity index (χ4v) is 0.943. The molecule has 0 aliphatic rings. The van der Waals surface area contributed by atoms with E-state index in [2.05, 4.69) is 24.1 Å². The lowest BCUT2D eigenvalue weighted by molar-refractivity contribution is 0.414. The van der Waals surface area contributed by atoms with Crippen molar-refractivity contribution in [1.29, 1.82) is 0 Å². The van der Waals surface area contributed by atoms with Crippen LogP contribution in [0.25, 0.3) is 0 Å². The average Bonchev–Trinajstić information content (AvgIpc) is 2.15. The molecule has 0 fully saturated rings. The number of methoxy groups -OCH3 is 1. The molecule has 1 aromatic rings. The van der Waals surface area contributed by atoms with Crippen LogP contribution in [-0.2, 0) is 0 Å². The van der Waals surface area contributed by atoms with Gasteiger partial charge in [-0.1, -0.05) is 13.8 Å². The van der Waals surface area contributed by atoms with Crippen LogP contribution in [0.2, 0.25) is 0 Å². The fourth-order valence-electron chi connectivity index (χ4n) is 0.943. The van der Waals surface area contributed by atoms with Crippen LogP contribution in [0, 0.1) is 5.92 Å². The summed E-state index contributed by atoms with van der Waals surface area (Å²) in [4.78, 5) is 4.17. The van der Waals surface area contributed by atoms with Crippen molar-refractivity contribution in [3.05, 3.63) is 18.3 Å². The van der Waals surface area contributed by atoms with Crippen molar-refractivity contribution in [2.75, 3.05) is 19.0 Å². The van der Waals surface area contributed by atoms with Crippen LogP contribution < -0.4 is 10.1 Å². The third-order valence-corrected chi connectivity index (χ3v) is 1.66. The van der Waals surface area contributed by atoms with Gasteiger partial charge in [0.15, 0.2) is 0 Å². The second kappa shape index (κ2) is 4.70. The number of hydrogen-bond donors (Lipinski definition) is 1. The Bertz CT molecular complexity index is 261. The molecule has 0 aliphatic heterocycles. The quantitative estimate of drug-likeness (QED) is 0.771. The van der Waals surface area contributed by atoms with Crippen LogP contribution >= 0.6 is 0 Å². The van der Waals surface area contributed by atoms with Crippen LogP contribution in [0.5, 0.6) is 5.75 Å². The van der Waals surface area contributed by atoms with Gasteiger partial charge in [0.2, 0.25) is 0 Å². The highest BCUT2D eigenvalue weighted by Crippen LogP contribution is 2.13. The van der Waals surface area contributed by atoms with E-state index < -0.39 is 0 Å². The maximum absolute atomic E-state index is 5.08. The van der Waals surface area contributed by atoms with Gasteiger partial charge in [-0.2, -0.15) is 0 Å². The van der Waals surface area contributed by atoms with Gasteiger partial charge in [-0.15, -0.1) is 0 Å². The lowest BCUT2D eigenvalue weighted by Crippen LogP contribution is -2.08. The largest absolute Gasteiger partial charge is 0.497 e. The minimum atomic E-state index is 0.619. The molecule has 72 valence electrons. The zero-order chi connectivity index (χ0) is 9.68. The highest BCUT2D eigenvalue weighted by Gasteiger charge is 1.97. The van der Waals surface area contributed by atoms with E-state index in [1.54, 1.807) is 13.3 Å². The topological polar surface area (TPSA) is 34.1 Å². The average molecular weight is 180 g/mol. The first-order valence-electron chi connectivity index (χ1n) is 4.46. The predicted octanol–water partition coefficient (Wildman–Crippen LogP) is 2.16. The minimum absolute atomic E-state index is 0.619. The smallest absolute Gasteiger partial charge is 0.129 e. The first-order chi connectivity index (χ1) is 6.22.